The molecule has 2 aromatic rings. The van der Waals surface area contributed by atoms with Gasteiger partial charge in [0, 0.05) is 11.1 Å². The summed E-state index contributed by atoms with van der Waals surface area (Å²) in [6, 6.07) is 11.4. The third-order valence-electron chi connectivity index (χ3n) is 5.28. The number of ether oxygens (including phenoxy) is 1. The zero-order chi connectivity index (χ0) is 22.0. The Morgan fingerprint density at radius 2 is 1.45 bits per heavy atom. The van der Waals surface area contributed by atoms with Gasteiger partial charge in [0.1, 0.15) is 5.75 Å². The van der Waals surface area contributed by atoms with E-state index >= 15 is 0 Å². The first kappa shape index (κ1) is 24.7. The van der Waals surface area contributed by atoms with E-state index in [9.17, 15) is 0 Å². The van der Waals surface area contributed by atoms with Crippen LogP contribution in [0.4, 0.5) is 0 Å². The molecular formula is C25H32Cl2OZr. The monoisotopic (exact) mass is 508 g/mol. The number of hydrogen-bond acceptors (Lipinski definition) is 1. The number of methoxy groups -OCH3 is 1. The van der Waals surface area contributed by atoms with Crippen LogP contribution >= 0.6 is 17.0 Å². The van der Waals surface area contributed by atoms with Gasteiger partial charge in [-0.15, -0.1) is 0 Å². The van der Waals surface area contributed by atoms with Crippen molar-refractivity contribution >= 4 is 23.1 Å². The van der Waals surface area contributed by atoms with E-state index in [1.54, 1.807) is 7.11 Å². The summed E-state index contributed by atoms with van der Waals surface area (Å²) in [5.41, 5.74) is 9.48. The molecule has 1 nitrogen and oxygen atoms in total. The van der Waals surface area contributed by atoms with E-state index in [2.05, 4.69) is 84.9 Å². The fourth-order valence-corrected chi connectivity index (χ4v) is 3.91. The molecule has 0 aliphatic heterocycles. The molecule has 0 aromatic heterocycles. The number of benzene rings is 2. The fourth-order valence-electron chi connectivity index (χ4n) is 3.91. The van der Waals surface area contributed by atoms with E-state index in [1.807, 2.05) is 0 Å². The molecule has 29 heavy (non-hydrogen) atoms. The summed E-state index contributed by atoms with van der Waals surface area (Å²) in [7, 11) is 11.7. The standard InChI is InChI=1S/C25H32O.2ClH.Zr/c1-16-12-17-10-9-11-19(20(17)13-16)18-14-21(24(2,3)4)23(26-8)22(15-18)25(5,6)7;;;/h9-11,13-15H,12H2,1-8H3;2*1H;/q;;;+2/p-2. The van der Waals surface area contributed by atoms with Gasteiger partial charge in [-0.25, -0.2) is 0 Å². The Morgan fingerprint density at radius 1 is 0.931 bits per heavy atom. The zero-order valence-corrected chi connectivity index (χ0v) is 22.8. The normalized spacial score (nSPS) is 13.2. The second-order valence-corrected chi connectivity index (χ2v) is 13.5. The van der Waals surface area contributed by atoms with Crippen LogP contribution in [-0.4, -0.2) is 7.11 Å². The Balaban J connectivity index is 0.000000941. The topological polar surface area (TPSA) is 9.23 Å². The van der Waals surface area contributed by atoms with Crippen LogP contribution in [0, 0.1) is 0 Å². The Labute approximate surface area is 195 Å². The minimum absolute atomic E-state index is 0.0189. The quantitative estimate of drug-likeness (QED) is 0.395. The minimum atomic E-state index is -0.826. The van der Waals surface area contributed by atoms with Gasteiger partial charge in [0.2, 0.25) is 0 Å². The number of halogens is 2. The molecule has 0 N–H and O–H groups in total. The first-order valence-corrected chi connectivity index (χ1v) is 16.3. The summed E-state index contributed by atoms with van der Waals surface area (Å²) in [4.78, 5) is 0. The molecule has 0 radical (unpaired) electrons. The molecule has 4 heteroatoms. The molecule has 2 aromatic carbocycles. The number of hydrogen-bond donors (Lipinski definition) is 0. The first-order valence-electron chi connectivity index (χ1n) is 9.92. The van der Waals surface area contributed by atoms with Crippen molar-refractivity contribution in [2.24, 2.45) is 0 Å². The summed E-state index contributed by atoms with van der Waals surface area (Å²) < 4.78 is 5.92. The number of allylic oxidation sites excluding steroid dienone is 1. The zero-order valence-electron chi connectivity index (χ0n) is 18.8. The predicted octanol–water partition coefficient (Wildman–Crippen LogP) is 8.29. The van der Waals surface area contributed by atoms with Crippen molar-refractivity contribution in [3.8, 4) is 16.9 Å². The van der Waals surface area contributed by atoms with Gasteiger partial charge >= 0.3 is 37.9 Å². The molecule has 3 rings (SSSR count). The van der Waals surface area contributed by atoms with Gasteiger partial charge in [0.05, 0.1) is 7.11 Å². The Hall–Kier alpha value is -0.557. The molecule has 0 heterocycles. The van der Waals surface area contributed by atoms with Crippen LogP contribution < -0.4 is 4.74 Å². The Morgan fingerprint density at radius 3 is 1.90 bits per heavy atom. The molecule has 0 spiro atoms. The molecule has 0 amide bonds. The second kappa shape index (κ2) is 9.72. The summed E-state index contributed by atoms with van der Waals surface area (Å²) >= 11 is -0.826. The van der Waals surface area contributed by atoms with Crippen molar-refractivity contribution in [1.82, 2.24) is 0 Å². The molecule has 0 saturated carbocycles. The molecule has 1 aliphatic carbocycles. The van der Waals surface area contributed by atoms with Crippen LogP contribution in [-0.2, 0) is 38.1 Å². The first-order chi connectivity index (χ1) is 13.4. The van der Waals surface area contributed by atoms with E-state index < -0.39 is 20.8 Å². The van der Waals surface area contributed by atoms with E-state index in [-0.39, 0.29) is 10.8 Å². The summed E-state index contributed by atoms with van der Waals surface area (Å²) in [5.74, 6) is 1.04. The van der Waals surface area contributed by atoms with Crippen LogP contribution in [0.3, 0.4) is 0 Å². The van der Waals surface area contributed by atoms with E-state index in [0.29, 0.717) is 0 Å². The summed E-state index contributed by atoms with van der Waals surface area (Å²) in [6.07, 6.45) is 3.42. The van der Waals surface area contributed by atoms with Gasteiger partial charge in [-0.2, -0.15) is 0 Å². The van der Waals surface area contributed by atoms with Gasteiger partial charge in [0.15, 0.2) is 0 Å². The third kappa shape index (κ3) is 5.78. The van der Waals surface area contributed by atoms with Crippen molar-refractivity contribution < 1.29 is 25.6 Å². The molecule has 0 unspecified atom stereocenters. The molecule has 0 atom stereocenters. The van der Waals surface area contributed by atoms with Crippen molar-refractivity contribution in [3.05, 3.63) is 58.2 Å². The van der Waals surface area contributed by atoms with Crippen molar-refractivity contribution in [2.45, 2.75) is 65.7 Å². The second-order valence-electron chi connectivity index (χ2n) is 9.72. The SMILES string of the molecule is COc1c(C(C)(C)C)cc(-c2cccc3c2C=C(C)C3)cc1C(C)(C)C.[Cl][Zr][Cl]. The number of rotatable bonds is 2. The fraction of sp³-hybridized carbons (Fsp3) is 0.440. The third-order valence-corrected chi connectivity index (χ3v) is 5.28. The average Bonchev–Trinajstić information content (AvgIpc) is 2.99. The maximum atomic E-state index is 5.92. The van der Waals surface area contributed by atoms with Crippen molar-refractivity contribution in [3.63, 3.8) is 0 Å². The van der Waals surface area contributed by atoms with Crippen molar-refractivity contribution in [1.29, 1.82) is 0 Å². The van der Waals surface area contributed by atoms with Gasteiger partial charge in [-0.1, -0.05) is 71.4 Å². The van der Waals surface area contributed by atoms with Crippen LogP contribution in [0.2, 0.25) is 0 Å². The average molecular weight is 511 g/mol. The van der Waals surface area contributed by atoms with E-state index in [0.717, 1.165) is 12.2 Å². The van der Waals surface area contributed by atoms with E-state index in [4.69, 9.17) is 21.8 Å². The van der Waals surface area contributed by atoms with Crippen LogP contribution in [0.5, 0.6) is 5.75 Å². The number of fused-ring (bicyclic) bond motifs is 1. The van der Waals surface area contributed by atoms with Crippen LogP contribution in [0.25, 0.3) is 17.2 Å². The molecule has 0 bridgehead atoms. The molecule has 0 fully saturated rings. The van der Waals surface area contributed by atoms with Crippen LogP contribution in [0.1, 0.15) is 70.7 Å². The molecule has 156 valence electrons. The van der Waals surface area contributed by atoms with Gasteiger partial charge in [-0.05, 0) is 58.6 Å². The van der Waals surface area contributed by atoms with Gasteiger partial charge in [0.25, 0.3) is 0 Å². The molecular weight excluding hydrogens is 478 g/mol. The van der Waals surface area contributed by atoms with Crippen molar-refractivity contribution in [2.75, 3.05) is 7.11 Å². The predicted molar refractivity (Wildman–Crippen MR) is 125 cm³/mol. The Bertz CT molecular complexity index is 867. The Kier molecular flexibility index (Phi) is 8.28. The summed E-state index contributed by atoms with van der Waals surface area (Å²) in [6.45, 7) is 15.8. The molecule has 0 saturated heterocycles. The van der Waals surface area contributed by atoms with E-state index in [1.165, 1.54) is 39.0 Å². The van der Waals surface area contributed by atoms with Gasteiger partial charge < -0.3 is 4.74 Å². The molecule has 1 aliphatic rings. The maximum absolute atomic E-state index is 5.92. The summed E-state index contributed by atoms with van der Waals surface area (Å²) in [5, 5.41) is 0. The van der Waals surface area contributed by atoms with Crippen LogP contribution in [0.15, 0.2) is 35.9 Å². The van der Waals surface area contributed by atoms with Gasteiger partial charge in [-0.3, -0.25) is 0 Å².